The van der Waals surface area contributed by atoms with Crippen LogP contribution in [0.1, 0.15) is 6.92 Å². The van der Waals surface area contributed by atoms with Gasteiger partial charge in [0, 0.05) is 23.3 Å². The number of aromatic nitrogens is 4. The Morgan fingerprint density at radius 2 is 2.00 bits per heavy atom. The topological polar surface area (TPSA) is 72.7 Å². The van der Waals surface area contributed by atoms with E-state index in [0.29, 0.717) is 22.5 Å². The number of amides is 1. The molecule has 8 heteroatoms. The number of nitrogens with one attached hydrogen (secondary N) is 1. The van der Waals surface area contributed by atoms with Gasteiger partial charge in [-0.25, -0.2) is 4.98 Å². The average molecular weight is 374 g/mol. The second kappa shape index (κ2) is 8.13. The first-order valence-electron chi connectivity index (χ1n) is 7.70. The summed E-state index contributed by atoms with van der Waals surface area (Å²) in [5, 5.41) is 12.6. The molecule has 0 saturated heterocycles. The smallest absolute Gasteiger partial charge is 0.236 e. The Labute approximate surface area is 154 Å². The van der Waals surface area contributed by atoms with Crippen LogP contribution in [0, 0.1) is 0 Å². The lowest BCUT2D eigenvalue weighted by molar-refractivity contribution is -0.113. The molecule has 2 heterocycles. The molecule has 0 aliphatic rings. The second-order valence-corrected chi connectivity index (χ2v) is 6.49. The van der Waals surface area contributed by atoms with E-state index in [1.54, 1.807) is 18.3 Å². The molecule has 3 aromatic rings. The molecular formula is C17H16ClN5OS. The molecule has 0 aliphatic carbocycles. The molecule has 0 spiro atoms. The summed E-state index contributed by atoms with van der Waals surface area (Å²) in [6.45, 7) is 2.72. The fraction of sp³-hybridized carbons (Fsp3) is 0.176. The fourth-order valence-electron chi connectivity index (χ4n) is 2.24. The number of pyridine rings is 1. The van der Waals surface area contributed by atoms with Gasteiger partial charge in [-0.15, -0.1) is 10.2 Å². The molecule has 0 radical (unpaired) electrons. The van der Waals surface area contributed by atoms with Gasteiger partial charge in [0.2, 0.25) is 5.91 Å². The highest BCUT2D eigenvalue weighted by Crippen LogP contribution is 2.25. The molecule has 0 fully saturated rings. The zero-order valence-electron chi connectivity index (χ0n) is 13.5. The molecule has 0 bridgehead atoms. The first-order valence-corrected chi connectivity index (χ1v) is 9.06. The Hall–Kier alpha value is -2.38. The second-order valence-electron chi connectivity index (χ2n) is 5.11. The van der Waals surface area contributed by atoms with Crippen molar-refractivity contribution in [1.82, 2.24) is 19.7 Å². The van der Waals surface area contributed by atoms with Crippen LogP contribution in [0.2, 0.25) is 5.02 Å². The summed E-state index contributed by atoms with van der Waals surface area (Å²) < 4.78 is 1.97. The third-order valence-electron chi connectivity index (χ3n) is 3.40. The average Bonchev–Trinajstić information content (AvgIpc) is 3.04. The lowest BCUT2D eigenvalue weighted by Gasteiger charge is -2.07. The minimum atomic E-state index is -0.137. The van der Waals surface area contributed by atoms with Gasteiger partial charge >= 0.3 is 0 Å². The predicted molar refractivity (Wildman–Crippen MR) is 99.7 cm³/mol. The van der Waals surface area contributed by atoms with E-state index in [1.165, 1.54) is 11.8 Å². The molecule has 1 amide bonds. The number of nitrogens with zero attached hydrogens (tertiary/aromatic N) is 4. The number of anilines is 1. The van der Waals surface area contributed by atoms with Crippen LogP contribution in [0.4, 0.5) is 5.82 Å². The predicted octanol–water partition coefficient (Wildman–Crippen LogP) is 3.74. The Bertz CT molecular complexity index is 851. The number of halogens is 1. The van der Waals surface area contributed by atoms with Crippen molar-refractivity contribution in [3.05, 3.63) is 53.7 Å². The molecule has 25 heavy (non-hydrogen) atoms. The number of hydrogen-bond donors (Lipinski definition) is 1. The molecule has 0 unspecified atom stereocenters. The maximum absolute atomic E-state index is 12.1. The highest BCUT2D eigenvalue weighted by Gasteiger charge is 2.14. The van der Waals surface area contributed by atoms with E-state index >= 15 is 0 Å². The highest BCUT2D eigenvalue weighted by atomic mass is 35.5. The van der Waals surface area contributed by atoms with Gasteiger partial charge in [0.15, 0.2) is 11.0 Å². The quantitative estimate of drug-likeness (QED) is 0.666. The van der Waals surface area contributed by atoms with Crippen molar-refractivity contribution < 1.29 is 4.79 Å². The largest absolute Gasteiger partial charge is 0.310 e. The van der Waals surface area contributed by atoms with E-state index in [-0.39, 0.29) is 11.7 Å². The number of rotatable bonds is 6. The van der Waals surface area contributed by atoms with Gasteiger partial charge in [-0.3, -0.25) is 4.79 Å². The van der Waals surface area contributed by atoms with Gasteiger partial charge in [-0.1, -0.05) is 29.4 Å². The van der Waals surface area contributed by atoms with E-state index in [4.69, 9.17) is 11.6 Å². The highest BCUT2D eigenvalue weighted by molar-refractivity contribution is 7.99. The first-order chi connectivity index (χ1) is 12.2. The lowest BCUT2D eigenvalue weighted by atomic mass is 10.2. The van der Waals surface area contributed by atoms with E-state index in [2.05, 4.69) is 20.5 Å². The van der Waals surface area contributed by atoms with Gasteiger partial charge < -0.3 is 9.88 Å². The monoisotopic (exact) mass is 373 g/mol. The number of hydrogen-bond acceptors (Lipinski definition) is 5. The summed E-state index contributed by atoms with van der Waals surface area (Å²) in [5.74, 6) is 1.39. The normalized spacial score (nSPS) is 10.6. The van der Waals surface area contributed by atoms with Crippen LogP contribution in [0.25, 0.3) is 11.4 Å². The van der Waals surface area contributed by atoms with Crippen LogP contribution >= 0.6 is 23.4 Å². The summed E-state index contributed by atoms with van der Waals surface area (Å²) in [6, 6.07) is 12.8. The third-order valence-corrected chi connectivity index (χ3v) is 4.62. The molecule has 0 aliphatic heterocycles. The molecule has 128 valence electrons. The van der Waals surface area contributed by atoms with E-state index < -0.39 is 0 Å². The first kappa shape index (κ1) is 17.4. The van der Waals surface area contributed by atoms with Gasteiger partial charge in [0.25, 0.3) is 0 Å². The molecule has 6 nitrogen and oxygen atoms in total. The van der Waals surface area contributed by atoms with E-state index in [9.17, 15) is 4.79 Å². The lowest BCUT2D eigenvalue weighted by Crippen LogP contribution is -2.15. The van der Waals surface area contributed by atoms with Crippen molar-refractivity contribution in [3.8, 4) is 11.4 Å². The standard InChI is InChI=1S/C17H16ClN5OS/c1-2-23-16(12-6-8-13(18)9-7-12)21-22-17(23)25-11-15(24)20-14-5-3-4-10-19-14/h3-10H,2,11H2,1H3,(H,19,20,24). The van der Waals surface area contributed by atoms with Crippen molar-refractivity contribution in [2.75, 3.05) is 11.1 Å². The number of carbonyl (C=O) groups excluding carboxylic acids is 1. The van der Waals surface area contributed by atoms with Crippen LogP contribution in [0.5, 0.6) is 0 Å². The minimum absolute atomic E-state index is 0.137. The van der Waals surface area contributed by atoms with Gasteiger partial charge in [-0.05, 0) is 43.3 Å². The van der Waals surface area contributed by atoms with Crippen LogP contribution < -0.4 is 5.32 Å². The molecule has 1 aromatic carbocycles. The van der Waals surface area contributed by atoms with Gasteiger partial charge in [-0.2, -0.15) is 0 Å². The molecule has 2 aromatic heterocycles. The summed E-state index contributed by atoms with van der Waals surface area (Å²) in [4.78, 5) is 16.1. The van der Waals surface area contributed by atoms with Crippen molar-refractivity contribution in [2.24, 2.45) is 0 Å². The Balaban J connectivity index is 1.69. The zero-order chi connectivity index (χ0) is 17.6. The SMILES string of the molecule is CCn1c(SCC(=O)Nc2ccccn2)nnc1-c1ccc(Cl)cc1. The van der Waals surface area contributed by atoms with E-state index in [0.717, 1.165) is 11.4 Å². The summed E-state index contributed by atoms with van der Waals surface area (Å²) in [6.07, 6.45) is 1.63. The molecule has 3 rings (SSSR count). The van der Waals surface area contributed by atoms with Crippen molar-refractivity contribution in [1.29, 1.82) is 0 Å². The van der Waals surface area contributed by atoms with Gasteiger partial charge in [0.1, 0.15) is 5.82 Å². The van der Waals surface area contributed by atoms with Crippen molar-refractivity contribution >= 4 is 35.1 Å². The maximum Gasteiger partial charge on any atom is 0.236 e. The van der Waals surface area contributed by atoms with Gasteiger partial charge in [0.05, 0.1) is 5.75 Å². The maximum atomic E-state index is 12.1. The Morgan fingerprint density at radius 3 is 2.68 bits per heavy atom. The van der Waals surface area contributed by atoms with Crippen LogP contribution in [-0.2, 0) is 11.3 Å². The number of thioether (sulfide) groups is 1. The molecule has 0 atom stereocenters. The molecule has 1 N–H and O–H groups in total. The third kappa shape index (κ3) is 4.37. The molecular weight excluding hydrogens is 358 g/mol. The fourth-order valence-corrected chi connectivity index (χ4v) is 3.17. The van der Waals surface area contributed by atoms with Crippen molar-refractivity contribution in [3.63, 3.8) is 0 Å². The van der Waals surface area contributed by atoms with Crippen LogP contribution in [0.15, 0.2) is 53.8 Å². The van der Waals surface area contributed by atoms with E-state index in [1.807, 2.05) is 41.8 Å². The minimum Gasteiger partial charge on any atom is -0.310 e. The molecule has 0 saturated carbocycles. The number of benzene rings is 1. The number of carbonyl (C=O) groups is 1. The summed E-state index contributed by atoms with van der Waals surface area (Å²) >= 11 is 7.27. The zero-order valence-corrected chi connectivity index (χ0v) is 15.1. The van der Waals surface area contributed by atoms with Crippen LogP contribution in [0.3, 0.4) is 0 Å². The Morgan fingerprint density at radius 1 is 1.20 bits per heavy atom. The van der Waals surface area contributed by atoms with Crippen molar-refractivity contribution in [2.45, 2.75) is 18.6 Å². The summed E-state index contributed by atoms with van der Waals surface area (Å²) in [7, 11) is 0. The van der Waals surface area contributed by atoms with Crippen LogP contribution in [-0.4, -0.2) is 31.4 Å². The Kier molecular flexibility index (Phi) is 5.67. The summed E-state index contributed by atoms with van der Waals surface area (Å²) in [5.41, 5.74) is 0.934.